The van der Waals surface area contributed by atoms with Gasteiger partial charge in [-0.1, -0.05) is 34.6 Å². The van der Waals surface area contributed by atoms with Crippen molar-refractivity contribution in [2.75, 3.05) is 6.61 Å². The number of hydrogen-bond acceptors (Lipinski definition) is 2. The largest absolute Gasteiger partial charge is 0.466 e. The van der Waals surface area contributed by atoms with Crippen molar-refractivity contribution in [1.82, 2.24) is 0 Å². The standard InChI is InChI=1S/C15H28O2/c1-7-17-12(16)8-15(6)10-13(2,3)9-14(4,5)11-15/h7-11H2,1-6H3. The van der Waals surface area contributed by atoms with E-state index in [4.69, 9.17) is 4.74 Å². The van der Waals surface area contributed by atoms with E-state index in [1.165, 1.54) is 6.42 Å². The monoisotopic (exact) mass is 240 g/mol. The molecule has 0 radical (unpaired) electrons. The van der Waals surface area contributed by atoms with E-state index < -0.39 is 0 Å². The van der Waals surface area contributed by atoms with E-state index >= 15 is 0 Å². The molecule has 1 saturated carbocycles. The second-order valence-corrected chi connectivity index (χ2v) is 7.65. The summed E-state index contributed by atoms with van der Waals surface area (Å²) in [6.07, 6.45) is 4.02. The first-order chi connectivity index (χ1) is 7.58. The van der Waals surface area contributed by atoms with Gasteiger partial charge in [0.2, 0.25) is 0 Å². The Morgan fingerprint density at radius 3 is 1.88 bits per heavy atom. The quantitative estimate of drug-likeness (QED) is 0.692. The van der Waals surface area contributed by atoms with Crippen molar-refractivity contribution in [1.29, 1.82) is 0 Å². The topological polar surface area (TPSA) is 26.3 Å². The second-order valence-electron chi connectivity index (χ2n) is 7.65. The lowest BCUT2D eigenvalue weighted by Crippen LogP contribution is -2.41. The van der Waals surface area contributed by atoms with Gasteiger partial charge in [0.25, 0.3) is 0 Å². The highest BCUT2D eigenvalue weighted by Gasteiger charge is 2.45. The molecule has 0 spiro atoms. The van der Waals surface area contributed by atoms with E-state index in [1.807, 2.05) is 6.92 Å². The van der Waals surface area contributed by atoms with Crippen LogP contribution >= 0.6 is 0 Å². The van der Waals surface area contributed by atoms with E-state index in [1.54, 1.807) is 0 Å². The molecule has 0 unspecified atom stereocenters. The van der Waals surface area contributed by atoms with Crippen LogP contribution in [0.1, 0.15) is 67.2 Å². The van der Waals surface area contributed by atoms with E-state index in [2.05, 4.69) is 34.6 Å². The Balaban J connectivity index is 2.77. The molecule has 0 aromatic carbocycles. The fourth-order valence-corrected chi connectivity index (χ4v) is 4.48. The minimum Gasteiger partial charge on any atom is -0.466 e. The fourth-order valence-electron chi connectivity index (χ4n) is 4.48. The van der Waals surface area contributed by atoms with Crippen LogP contribution in [0.25, 0.3) is 0 Å². The summed E-state index contributed by atoms with van der Waals surface area (Å²) in [5.74, 6) is -0.0384. The zero-order valence-corrected chi connectivity index (χ0v) is 12.4. The highest BCUT2D eigenvalue weighted by atomic mass is 16.5. The van der Waals surface area contributed by atoms with Crippen molar-refractivity contribution in [2.24, 2.45) is 16.2 Å². The van der Waals surface area contributed by atoms with E-state index in [9.17, 15) is 4.79 Å². The second kappa shape index (κ2) is 4.62. The van der Waals surface area contributed by atoms with Crippen LogP contribution in [0.3, 0.4) is 0 Å². The fraction of sp³-hybridized carbons (Fsp3) is 0.933. The molecule has 1 aliphatic rings. The molecule has 0 bridgehead atoms. The number of esters is 1. The first-order valence-electron chi connectivity index (χ1n) is 6.73. The van der Waals surface area contributed by atoms with Crippen LogP contribution in [-0.2, 0) is 9.53 Å². The molecule has 1 fully saturated rings. The molecule has 2 heteroatoms. The molecule has 0 saturated heterocycles. The van der Waals surface area contributed by atoms with Crippen molar-refractivity contribution in [2.45, 2.75) is 67.2 Å². The summed E-state index contributed by atoms with van der Waals surface area (Å²) in [5.41, 5.74) is 0.740. The Kier molecular flexibility index (Phi) is 3.95. The number of hydrogen-bond donors (Lipinski definition) is 0. The first kappa shape index (κ1) is 14.5. The van der Waals surface area contributed by atoms with Gasteiger partial charge in [0, 0.05) is 0 Å². The zero-order valence-electron chi connectivity index (χ0n) is 12.4. The third-order valence-corrected chi connectivity index (χ3v) is 3.64. The summed E-state index contributed by atoms with van der Waals surface area (Å²) >= 11 is 0. The van der Waals surface area contributed by atoms with Gasteiger partial charge in [-0.2, -0.15) is 0 Å². The normalized spacial score (nSPS) is 25.3. The van der Waals surface area contributed by atoms with Crippen LogP contribution in [0.15, 0.2) is 0 Å². The number of ether oxygens (including phenoxy) is 1. The molecule has 1 rings (SSSR count). The van der Waals surface area contributed by atoms with Crippen molar-refractivity contribution in [3.63, 3.8) is 0 Å². The summed E-state index contributed by atoms with van der Waals surface area (Å²) in [6.45, 7) is 13.9. The Morgan fingerprint density at radius 2 is 1.47 bits per heavy atom. The van der Waals surface area contributed by atoms with Gasteiger partial charge in [-0.3, -0.25) is 4.79 Å². The van der Waals surface area contributed by atoms with Crippen LogP contribution in [0, 0.1) is 16.2 Å². The van der Waals surface area contributed by atoms with Crippen molar-refractivity contribution >= 4 is 5.97 Å². The molecule has 0 amide bonds. The van der Waals surface area contributed by atoms with Crippen molar-refractivity contribution in [3.05, 3.63) is 0 Å². The molecular weight excluding hydrogens is 212 g/mol. The predicted octanol–water partition coefficient (Wildman–Crippen LogP) is 4.18. The minimum atomic E-state index is -0.0384. The average molecular weight is 240 g/mol. The van der Waals surface area contributed by atoms with Crippen molar-refractivity contribution < 1.29 is 9.53 Å². The number of rotatable bonds is 3. The molecule has 100 valence electrons. The Bertz CT molecular complexity index is 273. The maximum absolute atomic E-state index is 11.7. The summed E-state index contributed by atoms with van der Waals surface area (Å²) in [5, 5.41) is 0. The van der Waals surface area contributed by atoms with Crippen LogP contribution in [0.4, 0.5) is 0 Å². The molecule has 2 nitrogen and oxygen atoms in total. The minimum absolute atomic E-state index is 0.0384. The summed E-state index contributed by atoms with van der Waals surface area (Å²) in [4.78, 5) is 11.7. The predicted molar refractivity (Wildman–Crippen MR) is 70.8 cm³/mol. The van der Waals surface area contributed by atoms with Crippen LogP contribution in [0.2, 0.25) is 0 Å². The number of carbonyl (C=O) groups excluding carboxylic acids is 1. The van der Waals surface area contributed by atoms with E-state index in [0.717, 1.165) is 12.8 Å². The summed E-state index contributed by atoms with van der Waals surface area (Å²) in [7, 11) is 0. The summed E-state index contributed by atoms with van der Waals surface area (Å²) in [6, 6.07) is 0. The molecule has 1 aliphatic carbocycles. The van der Waals surface area contributed by atoms with Crippen molar-refractivity contribution in [3.8, 4) is 0 Å². The molecule has 0 N–H and O–H groups in total. The molecule has 0 atom stereocenters. The van der Waals surface area contributed by atoms with Crippen LogP contribution in [-0.4, -0.2) is 12.6 Å². The van der Waals surface area contributed by atoms with Gasteiger partial charge in [-0.15, -0.1) is 0 Å². The average Bonchev–Trinajstić information content (AvgIpc) is 1.93. The Hall–Kier alpha value is -0.530. The van der Waals surface area contributed by atoms with Gasteiger partial charge < -0.3 is 4.74 Å². The summed E-state index contributed by atoms with van der Waals surface area (Å²) < 4.78 is 5.11. The highest BCUT2D eigenvalue weighted by Crippen LogP contribution is 2.55. The molecule has 0 aliphatic heterocycles. The molecule has 0 aromatic heterocycles. The van der Waals surface area contributed by atoms with Gasteiger partial charge in [0.15, 0.2) is 0 Å². The molecule has 17 heavy (non-hydrogen) atoms. The SMILES string of the molecule is CCOC(=O)CC1(C)CC(C)(C)CC(C)(C)C1. The maximum Gasteiger partial charge on any atom is 0.306 e. The maximum atomic E-state index is 11.7. The lowest BCUT2D eigenvalue weighted by atomic mass is 9.55. The van der Waals surface area contributed by atoms with E-state index in [0.29, 0.717) is 23.9 Å². The molecular formula is C15H28O2. The van der Waals surface area contributed by atoms with Gasteiger partial charge in [-0.05, 0) is 42.4 Å². The Labute approximate surface area is 106 Å². The van der Waals surface area contributed by atoms with Gasteiger partial charge in [0.1, 0.15) is 0 Å². The smallest absolute Gasteiger partial charge is 0.306 e. The number of carbonyl (C=O) groups is 1. The van der Waals surface area contributed by atoms with E-state index in [-0.39, 0.29) is 11.4 Å². The highest BCUT2D eigenvalue weighted by molar-refractivity contribution is 5.70. The lowest BCUT2D eigenvalue weighted by molar-refractivity contribution is -0.148. The third-order valence-electron chi connectivity index (χ3n) is 3.64. The Morgan fingerprint density at radius 1 is 1.00 bits per heavy atom. The van der Waals surface area contributed by atoms with Gasteiger partial charge >= 0.3 is 5.97 Å². The molecule has 0 aromatic rings. The van der Waals surface area contributed by atoms with Crippen LogP contribution < -0.4 is 0 Å². The third kappa shape index (κ3) is 4.33. The first-order valence-corrected chi connectivity index (χ1v) is 6.73. The van der Waals surface area contributed by atoms with Gasteiger partial charge in [-0.25, -0.2) is 0 Å². The lowest BCUT2D eigenvalue weighted by Gasteiger charge is -2.50. The molecule has 0 heterocycles. The van der Waals surface area contributed by atoms with Gasteiger partial charge in [0.05, 0.1) is 13.0 Å². The zero-order chi connectivity index (χ0) is 13.3. The van der Waals surface area contributed by atoms with Crippen LogP contribution in [0.5, 0.6) is 0 Å².